The van der Waals surface area contributed by atoms with Crippen molar-refractivity contribution in [2.75, 3.05) is 0 Å². The summed E-state index contributed by atoms with van der Waals surface area (Å²) in [6.45, 7) is 2.10. The molecule has 2 aromatic carbocycles. The van der Waals surface area contributed by atoms with Crippen molar-refractivity contribution in [3.05, 3.63) is 65.7 Å². The summed E-state index contributed by atoms with van der Waals surface area (Å²) in [6.07, 6.45) is 3.78. The summed E-state index contributed by atoms with van der Waals surface area (Å²) in [5.74, 6) is 0.181. The number of aliphatic imine (C=N–C) groups is 1. The first kappa shape index (κ1) is 14.4. The third-order valence-electron chi connectivity index (χ3n) is 3.88. The number of hydrogen-bond acceptors (Lipinski definition) is 2. The van der Waals surface area contributed by atoms with Crippen molar-refractivity contribution in [1.29, 1.82) is 0 Å². The monoisotopic (exact) mass is 292 g/mol. The summed E-state index contributed by atoms with van der Waals surface area (Å²) in [5, 5.41) is 11.0. The van der Waals surface area contributed by atoms with Gasteiger partial charge in [0.25, 0.3) is 0 Å². The normalized spacial score (nSPS) is 13.0. The van der Waals surface area contributed by atoms with Crippen LogP contribution < -0.4 is 0 Å². The van der Waals surface area contributed by atoms with Crippen LogP contribution in [0.25, 0.3) is 10.9 Å². The van der Waals surface area contributed by atoms with E-state index in [1.165, 1.54) is 5.56 Å². The van der Waals surface area contributed by atoms with Gasteiger partial charge >= 0.3 is 0 Å². The number of para-hydroxylation sites is 1. The molecule has 1 atom stereocenters. The summed E-state index contributed by atoms with van der Waals surface area (Å²) in [5.41, 5.74) is 3.03. The van der Waals surface area contributed by atoms with Crippen molar-refractivity contribution < 1.29 is 5.11 Å². The van der Waals surface area contributed by atoms with E-state index in [1.807, 2.05) is 30.3 Å². The minimum Gasteiger partial charge on any atom is -0.494 e. The largest absolute Gasteiger partial charge is 0.494 e. The number of H-pyrrole nitrogens is 1. The molecule has 22 heavy (non-hydrogen) atoms. The molecule has 2 N–H and O–H groups in total. The molecule has 0 spiro atoms. The lowest BCUT2D eigenvalue weighted by Gasteiger charge is -2.06. The Hall–Kier alpha value is -2.55. The molecule has 0 saturated carbocycles. The van der Waals surface area contributed by atoms with Gasteiger partial charge in [0.15, 0.2) is 5.88 Å². The van der Waals surface area contributed by atoms with Gasteiger partial charge in [0, 0.05) is 23.2 Å². The topological polar surface area (TPSA) is 48.4 Å². The van der Waals surface area contributed by atoms with Crippen LogP contribution in [0, 0.1) is 0 Å². The minimum absolute atomic E-state index is 0.181. The number of aromatic nitrogens is 1. The zero-order chi connectivity index (χ0) is 15.4. The second-order valence-corrected chi connectivity index (χ2v) is 5.58. The molecule has 0 bridgehead atoms. The lowest BCUT2D eigenvalue weighted by molar-refractivity contribution is 0.457. The Labute approximate surface area is 130 Å². The average Bonchev–Trinajstić information content (AvgIpc) is 2.87. The smallest absolute Gasteiger partial charge is 0.198 e. The fourth-order valence-electron chi connectivity index (χ4n) is 2.58. The molecule has 0 aliphatic heterocycles. The molecule has 3 heteroatoms. The van der Waals surface area contributed by atoms with Crippen molar-refractivity contribution in [1.82, 2.24) is 4.98 Å². The van der Waals surface area contributed by atoms with Gasteiger partial charge in [0.1, 0.15) is 0 Å². The number of rotatable bonds is 5. The number of aryl methyl sites for hydroxylation is 1. The summed E-state index contributed by atoms with van der Waals surface area (Å²) < 4.78 is 0. The average molecular weight is 292 g/mol. The predicted octanol–water partition coefficient (Wildman–Crippen LogP) is 4.31. The Morgan fingerprint density at radius 1 is 1.09 bits per heavy atom. The fraction of sp³-hybridized carbons (Fsp3) is 0.211. The van der Waals surface area contributed by atoms with Crippen LogP contribution in [0.15, 0.2) is 59.6 Å². The van der Waals surface area contributed by atoms with Gasteiger partial charge in [-0.3, -0.25) is 4.99 Å². The second-order valence-electron chi connectivity index (χ2n) is 5.58. The number of fused-ring (bicyclic) bond motifs is 1. The molecule has 0 unspecified atom stereocenters. The van der Waals surface area contributed by atoms with Crippen LogP contribution in [0.2, 0.25) is 0 Å². The molecule has 1 aromatic heterocycles. The van der Waals surface area contributed by atoms with E-state index in [9.17, 15) is 5.11 Å². The van der Waals surface area contributed by atoms with Crippen LogP contribution in [0.5, 0.6) is 5.88 Å². The van der Waals surface area contributed by atoms with Gasteiger partial charge in [-0.25, -0.2) is 0 Å². The van der Waals surface area contributed by atoms with E-state index in [4.69, 9.17) is 0 Å². The van der Waals surface area contributed by atoms with Crippen LogP contribution >= 0.6 is 0 Å². The van der Waals surface area contributed by atoms with E-state index in [2.05, 4.69) is 41.2 Å². The van der Waals surface area contributed by atoms with Crippen LogP contribution in [0.1, 0.15) is 24.5 Å². The fourth-order valence-corrected chi connectivity index (χ4v) is 2.58. The first-order valence-corrected chi connectivity index (χ1v) is 7.61. The molecular weight excluding hydrogens is 272 g/mol. The Morgan fingerprint density at radius 3 is 2.64 bits per heavy atom. The van der Waals surface area contributed by atoms with Crippen molar-refractivity contribution in [3.63, 3.8) is 0 Å². The molecule has 3 aromatic rings. The number of nitrogens with one attached hydrogen (secondary N) is 1. The molecule has 3 rings (SSSR count). The Kier molecular flexibility index (Phi) is 4.24. The van der Waals surface area contributed by atoms with Crippen LogP contribution in [0.3, 0.4) is 0 Å². The quantitative estimate of drug-likeness (QED) is 0.676. The van der Waals surface area contributed by atoms with Crippen molar-refractivity contribution in [2.45, 2.75) is 25.8 Å². The third-order valence-corrected chi connectivity index (χ3v) is 3.88. The molecule has 3 nitrogen and oxygen atoms in total. The number of benzene rings is 2. The lowest BCUT2D eigenvalue weighted by Crippen LogP contribution is -2.01. The number of hydrogen-bond donors (Lipinski definition) is 2. The minimum atomic E-state index is 0.181. The summed E-state index contributed by atoms with van der Waals surface area (Å²) in [4.78, 5) is 7.56. The molecule has 0 fully saturated rings. The molecule has 0 amide bonds. The second kappa shape index (κ2) is 6.48. The van der Waals surface area contributed by atoms with E-state index in [1.54, 1.807) is 6.21 Å². The molecule has 0 aliphatic carbocycles. The Bertz CT molecular complexity index is 774. The zero-order valence-electron chi connectivity index (χ0n) is 12.7. The highest BCUT2D eigenvalue weighted by Crippen LogP contribution is 2.25. The maximum Gasteiger partial charge on any atom is 0.198 e. The highest BCUT2D eigenvalue weighted by molar-refractivity contribution is 6.01. The Morgan fingerprint density at radius 2 is 1.82 bits per heavy atom. The van der Waals surface area contributed by atoms with Crippen LogP contribution in [0.4, 0.5) is 0 Å². The molecule has 0 aliphatic rings. The number of aromatic hydroxyl groups is 1. The summed E-state index contributed by atoms with van der Waals surface area (Å²) in [6, 6.07) is 18.5. The number of nitrogens with zero attached hydrogens (tertiary/aromatic N) is 1. The maximum atomic E-state index is 10.0. The molecular formula is C19H20N2O. The van der Waals surface area contributed by atoms with Gasteiger partial charge in [-0.15, -0.1) is 0 Å². The third kappa shape index (κ3) is 3.19. The standard InChI is InChI=1S/C19H20N2O/c1-14(11-12-15-7-3-2-4-8-15)20-13-17-16-9-5-6-10-18(16)21-19(17)22/h2-10,13-14,21-22H,11-12H2,1H3/t14-/m1/s1. The molecule has 0 radical (unpaired) electrons. The van der Waals surface area contributed by atoms with E-state index >= 15 is 0 Å². The van der Waals surface area contributed by atoms with Crippen molar-refractivity contribution >= 4 is 17.1 Å². The Balaban J connectivity index is 1.68. The van der Waals surface area contributed by atoms with Gasteiger partial charge in [0.05, 0.1) is 5.56 Å². The van der Waals surface area contributed by atoms with Gasteiger partial charge in [-0.05, 0) is 31.4 Å². The highest BCUT2D eigenvalue weighted by Gasteiger charge is 2.08. The van der Waals surface area contributed by atoms with E-state index in [-0.39, 0.29) is 11.9 Å². The van der Waals surface area contributed by atoms with E-state index in [0.29, 0.717) is 0 Å². The molecule has 0 saturated heterocycles. The van der Waals surface area contributed by atoms with Gasteiger partial charge in [-0.2, -0.15) is 0 Å². The summed E-state index contributed by atoms with van der Waals surface area (Å²) in [7, 11) is 0. The summed E-state index contributed by atoms with van der Waals surface area (Å²) >= 11 is 0. The lowest BCUT2D eigenvalue weighted by atomic mass is 10.1. The van der Waals surface area contributed by atoms with E-state index in [0.717, 1.165) is 29.3 Å². The van der Waals surface area contributed by atoms with Crippen LogP contribution in [-0.2, 0) is 6.42 Å². The number of aromatic amines is 1. The SMILES string of the molecule is C[C@H](CCc1ccccc1)N=Cc1c(O)[nH]c2ccccc12. The van der Waals surface area contributed by atoms with Gasteiger partial charge in [0.2, 0.25) is 0 Å². The predicted molar refractivity (Wildman–Crippen MR) is 91.8 cm³/mol. The van der Waals surface area contributed by atoms with E-state index < -0.39 is 0 Å². The molecule has 1 heterocycles. The first-order valence-electron chi connectivity index (χ1n) is 7.61. The van der Waals surface area contributed by atoms with Gasteiger partial charge in [-0.1, -0.05) is 48.5 Å². The first-order chi connectivity index (χ1) is 10.7. The van der Waals surface area contributed by atoms with Crippen molar-refractivity contribution in [3.8, 4) is 5.88 Å². The molecule has 112 valence electrons. The van der Waals surface area contributed by atoms with Gasteiger partial charge < -0.3 is 10.1 Å². The zero-order valence-corrected chi connectivity index (χ0v) is 12.7. The van der Waals surface area contributed by atoms with Crippen molar-refractivity contribution in [2.24, 2.45) is 4.99 Å². The van der Waals surface area contributed by atoms with Crippen LogP contribution in [-0.4, -0.2) is 22.3 Å². The maximum absolute atomic E-state index is 10.0. The highest BCUT2D eigenvalue weighted by atomic mass is 16.3.